The lowest BCUT2D eigenvalue weighted by Gasteiger charge is -2.00. The number of carbonyl (C=O) groups excluding carboxylic acids is 1. The average Bonchev–Trinajstić information content (AvgIpc) is 2.17. The van der Waals surface area contributed by atoms with Crippen molar-refractivity contribution < 1.29 is 13.2 Å². The number of benzene rings is 1. The minimum Gasteiger partial charge on any atom is -0.300 e. The monoisotopic (exact) mass is 276 g/mol. The largest absolute Gasteiger partial charge is 0.300 e. The lowest BCUT2D eigenvalue weighted by atomic mass is 10.1. The molecule has 0 amide bonds. The molecule has 0 unspecified atom stereocenters. The molecular weight excluding hydrogens is 260 g/mol. The SMILES string of the molecule is CC(=O)Cc1cccc(S(=O)(=O)Cl)c1.CCC. The number of rotatable bonds is 3. The maximum atomic E-state index is 11.0. The minimum absolute atomic E-state index is 0.0193. The van der Waals surface area contributed by atoms with E-state index in [9.17, 15) is 13.2 Å². The van der Waals surface area contributed by atoms with Crippen molar-refractivity contribution in [1.29, 1.82) is 0 Å². The van der Waals surface area contributed by atoms with Crippen molar-refractivity contribution in [3.8, 4) is 0 Å². The maximum Gasteiger partial charge on any atom is 0.261 e. The first-order valence-electron chi connectivity index (χ1n) is 5.34. The van der Waals surface area contributed by atoms with Gasteiger partial charge in [0, 0.05) is 17.1 Å². The molecule has 0 aliphatic carbocycles. The van der Waals surface area contributed by atoms with E-state index in [1.54, 1.807) is 12.1 Å². The summed E-state index contributed by atoms with van der Waals surface area (Å²) in [6.07, 6.45) is 1.47. The molecule has 0 aromatic heterocycles. The van der Waals surface area contributed by atoms with Gasteiger partial charge in [0.05, 0.1) is 4.90 Å². The molecule has 1 aromatic carbocycles. The van der Waals surface area contributed by atoms with Crippen molar-refractivity contribution in [1.82, 2.24) is 0 Å². The number of carbonyl (C=O) groups is 1. The van der Waals surface area contributed by atoms with Crippen molar-refractivity contribution in [2.75, 3.05) is 0 Å². The molecule has 0 fully saturated rings. The first kappa shape index (κ1) is 16.1. The van der Waals surface area contributed by atoms with E-state index in [1.807, 2.05) is 0 Å². The Bertz CT molecular complexity index is 466. The molecule has 0 atom stereocenters. The van der Waals surface area contributed by atoms with E-state index in [2.05, 4.69) is 13.8 Å². The topological polar surface area (TPSA) is 51.2 Å². The smallest absolute Gasteiger partial charge is 0.261 e. The second-order valence-electron chi connectivity index (χ2n) is 3.67. The molecular formula is C12H17ClO3S. The van der Waals surface area contributed by atoms with Crippen LogP contribution in [0, 0.1) is 0 Å². The fraction of sp³-hybridized carbons (Fsp3) is 0.417. The third-order valence-corrected chi connectivity index (χ3v) is 2.98. The summed E-state index contributed by atoms with van der Waals surface area (Å²) in [5.41, 5.74) is 0.652. The van der Waals surface area contributed by atoms with Crippen LogP contribution in [0.25, 0.3) is 0 Å². The fourth-order valence-corrected chi connectivity index (χ4v) is 1.92. The highest BCUT2D eigenvalue weighted by Gasteiger charge is 2.10. The summed E-state index contributed by atoms with van der Waals surface area (Å²) in [6.45, 7) is 5.70. The van der Waals surface area contributed by atoms with E-state index in [0.717, 1.165) is 0 Å². The first-order valence-corrected chi connectivity index (χ1v) is 7.65. The van der Waals surface area contributed by atoms with Crippen LogP contribution in [0.5, 0.6) is 0 Å². The van der Waals surface area contributed by atoms with Crippen LogP contribution in [0.2, 0.25) is 0 Å². The number of hydrogen-bond donors (Lipinski definition) is 0. The van der Waals surface area contributed by atoms with Crippen molar-refractivity contribution in [3.63, 3.8) is 0 Å². The molecule has 96 valence electrons. The van der Waals surface area contributed by atoms with Crippen LogP contribution in [0.15, 0.2) is 29.2 Å². The van der Waals surface area contributed by atoms with Gasteiger partial charge in [0.2, 0.25) is 0 Å². The Morgan fingerprint density at radius 2 is 1.82 bits per heavy atom. The quantitative estimate of drug-likeness (QED) is 0.797. The van der Waals surface area contributed by atoms with Gasteiger partial charge in [0.15, 0.2) is 0 Å². The Morgan fingerprint density at radius 1 is 1.29 bits per heavy atom. The van der Waals surface area contributed by atoms with Crippen molar-refractivity contribution in [2.45, 2.75) is 38.5 Å². The zero-order valence-corrected chi connectivity index (χ0v) is 11.8. The summed E-state index contributed by atoms with van der Waals surface area (Å²) in [5.74, 6) is -0.0193. The zero-order chi connectivity index (χ0) is 13.5. The third-order valence-electron chi connectivity index (χ3n) is 1.63. The number of Topliss-reactive ketones (excluding diaryl/α,β-unsaturated/α-hetero) is 1. The summed E-state index contributed by atoms with van der Waals surface area (Å²) >= 11 is 0. The summed E-state index contributed by atoms with van der Waals surface area (Å²) in [4.78, 5) is 10.8. The highest BCUT2D eigenvalue weighted by molar-refractivity contribution is 8.13. The molecule has 0 radical (unpaired) electrons. The zero-order valence-electron chi connectivity index (χ0n) is 10.2. The first-order chi connectivity index (χ1) is 7.81. The van der Waals surface area contributed by atoms with Crippen molar-refractivity contribution in [3.05, 3.63) is 29.8 Å². The van der Waals surface area contributed by atoms with Gasteiger partial charge in [-0.25, -0.2) is 8.42 Å². The van der Waals surface area contributed by atoms with Gasteiger partial charge in [-0.2, -0.15) is 0 Å². The molecule has 17 heavy (non-hydrogen) atoms. The number of ketones is 1. The Morgan fingerprint density at radius 3 is 2.24 bits per heavy atom. The van der Waals surface area contributed by atoms with Crippen LogP contribution in [0.4, 0.5) is 0 Å². The number of hydrogen-bond acceptors (Lipinski definition) is 3. The number of halogens is 1. The van der Waals surface area contributed by atoms with E-state index >= 15 is 0 Å². The normalized spacial score (nSPS) is 10.4. The molecule has 0 spiro atoms. The minimum atomic E-state index is -3.70. The van der Waals surface area contributed by atoms with Gasteiger partial charge in [0.1, 0.15) is 5.78 Å². The summed E-state index contributed by atoms with van der Waals surface area (Å²) in [6, 6.07) is 6.05. The molecule has 1 rings (SSSR count). The summed E-state index contributed by atoms with van der Waals surface area (Å²) in [7, 11) is 1.45. The molecule has 3 nitrogen and oxygen atoms in total. The highest BCUT2D eigenvalue weighted by Crippen LogP contribution is 2.16. The van der Waals surface area contributed by atoms with E-state index in [1.165, 1.54) is 25.5 Å². The van der Waals surface area contributed by atoms with Crippen LogP contribution in [0.3, 0.4) is 0 Å². The lowest BCUT2D eigenvalue weighted by molar-refractivity contribution is -0.116. The Balaban J connectivity index is 0.000000770. The van der Waals surface area contributed by atoms with E-state index in [0.29, 0.717) is 5.56 Å². The molecule has 0 N–H and O–H groups in total. The van der Waals surface area contributed by atoms with Gasteiger partial charge in [-0.3, -0.25) is 4.79 Å². The van der Waals surface area contributed by atoms with Crippen LogP contribution in [0.1, 0.15) is 32.8 Å². The molecule has 0 aliphatic rings. The molecule has 0 saturated heterocycles. The summed E-state index contributed by atoms with van der Waals surface area (Å²) in [5, 5.41) is 0. The van der Waals surface area contributed by atoms with Crippen LogP contribution in [-0.2, 0) is 20.3 Å². The van der Waals surface area contributed by atoms with Crippen LogP contribution < -0.4 is 0 Å². The van der Waals surface area contributed by atoms with Gasteiger partial charge >= 0.3 is 0 Å². The highest BCUT2D eigenvalue weighted by atomic mass is 35.7. The Kier molecular flexibility index (Phi) is 7.07. The molecule has 0 aliphatic heterocycles. The van der Waals surface area contributed by atoms with Crippen LogP contribution in [-0.4, -0.2) is 14.2 Å². The van der Waals surface area contributed by atoms with Crippen LogP contribution >= 0.6 is 10.7 Å². The maximum absolute atomic E-state index is 11.0. The second kappa shape index (κ2) is 7.45. The van der Waals surface area contributed by atoms with Crippen molar-refractivity contribution in [2.24, 2.45) is 0 Å². The summed E-state index contributed by atoms with van der Waals surface area (Å²) < 4.78 is 21.9. The fourth-order valence-electron chi connectivity index (χ4n) is 1.09. The Labute approximate surface area is 107 Å². The Hall–Kier alpha value is -0.870. The molecule has 1 aromatic rings. The second-order valence-corrected chi connectivity index (χ2v) is 6.24. The molecule has 0 heterocycles. The van der Waals surface area contributed by atoms with Gasteiger partial charge < -0.3 is 0 Å². The van der Waals surface area contributed by atoms with E-state index in [4.69, 9.17) is 10.7 Å². The van der Waals surface area contributed by atoms with Gasteiger partial charge in [0.25, 0.3) is 9.05 Å². The van der Waals surface area contributed by atoms with Gasteiger partial charge in [-0.15, -0.1) is 0 Å². The predicted molar refractivity (Wildman–Crippen MR) is 69.8 cm³/mol. The molecule has 0 saturated carbocycles. The molecule has 5 heteroatoms. The van der Waals surface area contributed by atoms with Gasteiger partial charge in [-0.1, -0.05) is 32.4 Å². The predicted octanol–water partition coefficient (Wildman–Crippen LogP) is 3.16. The molecule has 0 bridgehead atoms. The lowest BCUT2D eigenvalue weighted by Crippen LogP contribution is -1.98. The average molecular weight is 277 g/mol. The van der Waals surface area contributed by atoms with Gasteiger partial charge in [-0.05, 0) is 24.6 Å². The van der Waals surface area contributed by atoms with Crippen molar-refractivity contribution >= 4 is 25.5 Å². The van der Waals surface area contributed by atoms with E-state index < -0.39 is 9.05 Å². The third kappa shape index (κ3) is 7.13. The van der Waals surface area contributed by atoms with E-state index in [-0.39, 0.29) is 17.1 Å². The standard InChI is InChI=1S/C9H9ClO3S.C3H8/c1-7(11)5-8-3-2-4-9(6-8)14(10,12)13;1-3-2/h2-4,6H,5H2,1H3;3H2,1-2H3.